The number of halogens is 2. The van der Waals surface area contributed by atoms with Gasteiger partial charge < -0.3 is 5.11 Å². The van der Waals surface area contributed by atoms with Crippen LogP contribution in [-0.4, -0.2) is 27.9 Å². The standard InChI is InChI=1S/C10H7Br2NO2S/c11-6-1-5(2-7(12)3-6)9-13-8(4-16-9)10(14)15/h1-3,8H,4H2,(H,14,15). The number of benzene rings is 1. The molecule has 0 spiro atoms. The summed E-state index contributed by atoms with van der Waals surface area (Å²) in [5.41, 5.74) is 0.940. The maximum absolute atomic E-state index is 10.8. The number of hydrogen-bond acceptors (Lipinski definition) is 3. The van der Waals surface area contributed by atoms with Gasteiger partial charge in [0.2, 0.25) is 0 Å². The van der Waals surface area contributed by atoms with Crippen LogP contribution in [0.15, 0.2) is 32.1 Å². The summed E-state index contributed by atoms with van der Waals surface area (Å²) in [6.07, 6.45) is 0. The highest BCUT2D eigenvalue weighted by molar-refractivity contribution is 9.11. The molecule has 1 N–H and O–H groups in total. The van der Waals surface area contributed by atoms with Gasteiger partial charge in [-0.3, -0.25) is 4.99 Å². The fourth-order valence-electron chi connectivity index (χ4n) is 1.34. The Labute approximate surface area is 114 Å². The summed E-state index contributed by atoms with van der Waals surface area (Å²) in [6.45, 7) is 0. The monoisotopic (exact) mass is 363 g/mol. The van der Waals surface area contributed by atoms with Crippen molar-refractivity contribution in [1.82, 2.24) is 0 Å². The number of rotatable bonds is 2. The molecule has 0 radical (unpaired) electrons. The zero-order valence-corrected chi connectivity index (χ0v) is 12.0. The molecule has 0 saturated heterocycles. The van der Waals surface area contributed by atoms with Crippen molar-refractivity contribution in [3.05, 3.63) is 32.7 Å². The number of hydrogen-bond donors (Lipinski definition) is 1. The summed E-state index contributed by atoms with van der Waals surface area (Å²) in [6, 6.07) is 5.18. The summed E-state index contributed by atoms with van der Waals surface area (Å²) in [5.74, 6) is -0.356. The molecule has 1 unspecified atom stereocenters. The third kappa shape index (κ3) is 2.67. The number of carbonyl (C=O) groups is 1. The molecule has 16 heavy (non-hydrogen) atoms. The van der Waals surface area contributed by atoms with Gasteiger partial charge in [-0.2, -0.15) is 0 Å². The third-order valence-electron chi connectivity index (χ3n) is 2.05. The molecule has 1 aromatic rings. The Morgan fingerprint density at radius 2 is 2.00 bits per heavy atom. The second-order valence-electron chi connectivity index (χ2n) is 3.26. The normalized spacial score (nSPS) is 19.6. The minimum atomic E-state index is -0.864. The summed E-state index contributed by atoms with van der Waals surface area (Å²) in [4.78, 5) is 15.0. The largest absolute Gasteiger partial charge is 0.480 e. The van der Waals surface area contributed by atoms with E-state index in [-0.39, 0.29) is 0 Å². The highest BCUT2D eigenvalue weighted by atomic mass is 79.9. The van der Waals surface area contributed by atoms with E-state index >= 15 is 0 Å². The number of carboxylic acids is 1. The highest BCUT2D eigenvalue weighted by Gasteiger charge is 2.25. The first-order valence-corrected chi connectivity index (χ1v) is 7.03. The highest BCUT2D eigenvalue weighted by Crippen LogP contribution is 2.28. The quantitative estimate of drug-likeness (QED) is 0.876. The average Bonchev–Trinajstić information content (AvgIpc) is 2.64. The first-order valence-electron chi connectivity index (χ1n) is 4.46. The number of aliphatic imine (C=N–C) groups is 1. The third-order valence-corrected chi connectivity index (χ3v) is 4.06. The Hall–Kier alpha value is -0.330. The second kappa shape index (κ2) is 4.89. The molecule has 1 aliphatic heterocycles. The fraction of sp³-hybridized carbons (Fsp3) is 0.200. The lowest BCUT2D eigenvalue weighted by atomic mass is 10.2. The summed E-state index contributed by atoms with van der Waals surface area (Å²) < 4.78 is 1.89. The van der Waals surface area contributed by atoms with Crippen molar-refractivity contribution in [3.8, 4) is 0 Å². The van der Waals surface area contributed by atoms with Gasteiger partial charge in [0.1, 0.15) is 0 Å². The van der Waals surface area contributed by atoms with E-state index in [0.717, 1.165) is 19.6 Å². The lowest BCUT2D eigenvalue weighted by Gasteiger charge is -2.01. The van der Waals surface area contributed by atoms with Crippen LogP contribution in [0, 0.1) is 0 Å². The molecule has 1 heterocycles. The molecule has 0 bridgehead atoms. The fourth-order valence-corrected chi connectivity index (χ4v) is 3.65. The zero-order valence-electron chi connectivity index (χ0n) is 7.98. The SMILES string of the molecule is O=C(O)C1CSC(c2cc(Br)cc(Br)c2)=N1. The van der Waals surface area contributed by atoms with Crippen LogP contribution in [-0.2, 0) is 4.79 Å². The first-order chi connectivity index (χ1) is 7.56. The van der Waals surface area contributed by atoms with Gasteiger partial charge in [-0.05, 0) is 18.2 Å². The number of thioether (sulfide) groups is 1. The lowest BCUT2D eigenvalue weighted by molar-refractivity contribution is -0.137. The predicted molar refractivity (Wildman–Crippen MR) is 72.3 cm³/mol. The van der Waals surface area contributed by atoms with Gasteiger partial charge in [0, 0.05) is 20.3 Å². The van der Waals surface area contributed by atoms with Gasteiger partial charge in [0.05, 0.1) is 5.04 Å². The predicted octanol–water partition coefficient (Wildman–Crippen LogP) is 3.16. The Morgan fingerprint density at radius 1 is 1.38 bits per heavy atom. The molecule has 0 aromatic heterocycles. The molecular weight excluding hydrogens is 358 g/mol. The number of aliphatic carboxylic acids is 1. The van der Waals surface area contributed by atoms with E-state index in [0.29, 0.717) is 5.75 Å². The van der Waals surface area contributed by atoms with E-state index < -0.39 is 12.0 Å². The smallest absolute Gasteiger partial charge is 0.329 e. The molecule has 1 aliphatic rings. The Morgan fingerprint density at radius 3 is 2.50 bits per heavy atom. The van der Waals surface area contributed by atoms with Gasteiger partial charge in [-0.15, -0.1) is 11.8 Å². The molecular formula is C10H7Br2NO2S. The van der Waals surface area contributed by atoms with Crippen LogP contribution in [0.3, 0.4) is 0 Å². The van der Waals surface area contributed by atoms with Crippen LogP contribution >= 0.6 is 43.6 Å². The summed E-state index contributed by atoms with van der Waals surface area (Å²) in [5, 5.41) is 9.63. The summed E-state index contributed by atoms with van der Waals surface area (Å²) in [7, 11) is 0. The van der Waals surface area contributed by atoms with Crippen molar-refractivity contribution >= 4 is 54.6 Å². The van der Waals surface area contributed by atoms with Crippen molar-refractivity contribution < 1.29 is 9.90 Å². The molecule has 1 aromatic carbocycles. The van der Waals surface area contributed by atoms with Crippen LogP contribution in [0.4, 0.5) is 0 Å². The van der Waals surface area contributed by atoms with E-state index in [9.17, 15) is 4.79 Å². The molecule has 0 aliphatic carbocycles. The van der Waals surface area contributed by atoms with Crippen molar-refractivity contribution in [3.63, 3.8) is 0 Å². The van der Waals surface area contributed by atoms with Crippen LogP contribution in [0.5, 0.6) is 0 Å². The maximum atomic E-state index is 10.8. The molecule has 84 valence electrons. The maximum Gasteiger partial charge on any atom is 0.329 e. The van der Waals surface area contributed by atoms with E-state index in [1.165, 1.54) is 11.8 Å². The molecule has 0 fully saturated rings. The van der Waals surface area contributed by atoms with E-state index in [4.69, 9.17) is 5.11 Å². The average molecular weight is 365 g/mol. The minimum Gasteiger partial charge on any atom is -0.480 e. The zero-order chi connectivity index (χ0) is 11.7. The molecule has 2 rings (SSSR count). The van der Waals surface area contributed by atoms with Crippen molar-refractivity contribution in [2.24, 2.45) is 4.99 Å². The van der Waals surface area contributed by atoms with Gasteiger partial charge in [0.15, 0.2) is 6.04 Å². The van der Waals surface area contributed by atoms with Gasteiger partial charge >= 0.3 is 5.97 Å². The summed E-state index contributed by atoms with van der Waals surface area (Å²) >= 11 is 8.26. The van der Waals surface area contributed by atoms with Crippen molar-refractivity contribution in [2.45, 2.75) is 6.04 Å². The van der Waals surface area contributed by atoms with Gasteiger partial charge in [-0.25, -0.2) is 4.79 Å². The van der Waals surface area contributed by atoms with Gasteiger partial charge in [0.25, 0.3) is 0 Å². The number of nitrogens with zero attached hydrogens (tertiary/aromatic N) is 1. The first kappa shape index (κ1) is 12.1. The van der Waals surface area contributed by atoms with Crippen LogP contribution in [0.2, 0.25) is 0 Å². The molecule has 0 saturated carbocycles. The lowest BCUT2D eigenvalue weighted by Crippen LogP contribution is -2.17. The van der Waals surface area contributed by atoms with Crippen molar-refractivity contribution in [1.29, 1.82) is 0 Å². The van der Waals surface area contributed by atoms with Crippen LogP contribution in [0.1, 0.15) is 5.56 Å². The Balaban J connectivity index is 2.32. The van der Waals surface area contributed by atoms with E-state index in [1.807, 2.05) is 18.2 Å². The molecule has 1 atom stereocenters. The van der Waals surface area contributed by atoms with E-state index in [1.54, 1.807) is 0 Å². The molecule has 0 amide bonds. The van der Waals surface area contributed by atoms with Crippen LogP contribution < -0.4 is 0 Å². The minimum absolute atomic E-state index is 0.509. The Kier molecular flexibility index (Phi) is 3.71. The number of carboxylic acid groups (broad SMARTS) is 1. The van der Waals surface area contributed by atoms with Crippen LogP contribution in [0.25, 0.3) is 0 Å². The van der Waals surface area contributed by atoms with Gasteiger partial charge in [-0.1, -0.05) is 31.9 Å². The molecule has 6 heteroatoms. The Bertz CT molecular complexity index is 456. The molecule has 3 nitrogen and oxygen atoms in total. The van der Waals surface area contributed by atoms with Crippen molar-refractivity contribution in [2.75, 3.05) is 5.75 Å². The second-order valence-corrected chi connectivity index (χ2v) is 6.10. The van der Waals surface area contributed by atoms with E-state index in [2.05, 4.69) is 36.9 Å². The topological polar surface area (TPSA) is 49.7 Å².